The summed E-state index contributed by atoms with van der Waals surface area (Å²) in [7, 11) is 1.56. The van der Waals surface area contributed by atoms with Gasteiger partial charge in [0.05, 0.1) is 39.9 Å². The lowest BCUT2D eigenvalue weighted by Crippen LogP contribution is -2.48. The first-order valence-electron chi connectivity index (χ1n) is 18.7. The predicted molar refractivity (Wildman–Crippen MR) is 212 cm³/mol. The molecule has 1 N–H and O–H groups in total. The highest BCUT2D eigenvalue weighted by atomic mass is 31.2. The molecule has 0 bridgehead atoms. The summed E-state index contributed by atoms with van der Waals surface area (Å²) in [6, 6.07) is 27.9. The summed E-state index contributed by atoms with van der Waals surface area (Å²) in [6.45, 7) is 12.2. The molecule has 4 aromatic rings. The molecule has 3 aromatic carbocycles. The molecule has 0 spiro atoms. The minimum absolute atomic E-state index is 0.0272. The van der Waals surface area contributed by atoms with Crippen LogP contribution in [0, 0.1) is 18.3 Å². The quantitative estimate of drug-likeness (QED) is 0.0612. The van der Waals surface area contributed by atoms with Crippen LogP contribution in [0.15, 0.2) is 94.6 Å². The number of methoxy groups -OCH3 is 2. The Kier molecular flexibility index (Phi) is 14.1. The number of hydrogen-bond donors (Lipinski definition) is 1. The zero-order valence-electron chi connectivity index (χ0n) is 33.0. The molecule has 0 aliphatic carbocycles. The van der Waals surface area contributed by atoms with Crippen molar-refractivity contribution in [1.82, 2.24) is 14.2 Å². The van der Waals surface area contributed by atoms with E-state index in [2.05, 4.69) is 43.4 Å². The van der Waals surface area contributed by atoms with Crippen molar-refractivity contribution in [3.63, 3.8) is 0 Å². The number of benzene rings is 3. The number of hydrogen-bond acceptors (Lipinski definition) is 10. The standard InChI is InChI=1S/C42H53N4O8P/c1-9-41(28-51-42(32-14-11-10-12-15-32,33-16-20-35(49-7)21-17-33)34-18-22-36(50-8)23-19-34)37(26-38(53-41)45-27-31(6)39(47)44-40(45)48)54-55(52-25-13-24-43)46(29(2)3)30(4)5/h10-12,14-23,27,29-30,37-38H,9,13,25-26,28H2,1-8H3,(H,44,47,48)/t37-,38+,41+,55?/m0/s1. The van der Waals surface area contributed by atoms with Crippen molar-refractivity contribution < 1.29 is 28.0 Å². The first kappa shape index (κ1) is 41.8. The van der Waals surface area contributed by atoms with Crippen LogP contribution < -0.4 is 20.7 Å². The fraction of sp³-hybridized carbons (Fsp3) is 0.452. The molecule has 1 aliphatic rings. The lowest BCUT2D eigenvalue weighted by Gasteiger charge is -2.42. The van der Waals surface area contributed by atoms with Crippen LogP contribution in [0.25, 0.3) is 0 Å². The van der Waals surface area contributed by atoms with Gasteiger partial charge in [0.2, 0.25) is 0 Å². The molecule has 0 radical (unpaired) electrons. The summed E-state index contributed by atoms with van der Waals surface area (Å²) in [5.41, 5.74) is -0.360. The zero-order valence-corrected chi connectivity index (χ0v) is 33.9. The number of H-pyrrole nitrogens is 1. The molecule has 1 saturated heterocycles. The SMILES string of the molecule is CC[C@]1(COC(c2ccccc2)(c2ccc(OC)cc2)c2ccc(OC)cc2)O[C@@H](n2cc(C)c(=O)[nH]c2=O)C[C@@H]1OP(OCCC#N)N(C(C)C)C(C)C. The molecule has 5 rings (SSSR count). The Labute approximate surface area is 324 Å². The summed E-state index contributed by atoms with van der Waals surface area (Å²) in [5.74, 6) is 1.40. The minimum Gasteiger partial charge on any atom is -0.497 e. The lowest BCUT2D eigenvalue weighted by molar-refractivity contribution is -0.159. The van der Waals surface area contributed by atoms with Gasteiger partial charge in [-0.05, 0) is 82.0 Å². The fourth-order valence-corrected chi connectivity index (χ4v) is 8.95. The van der Waals surface area contributed by atoms with Crippen molar-refractivity contribution in [2.75, 3.05) is 27.4 Å². The predicted octanol–water partition coefficient (Wildman–Crippen LogP) is 7.60. The molecule has 1 unspecified atom stereocenters. The van der Waals surface area contributed by atoms with Gasteiger partial charge >= 0.3 is 5.69 Å². The van der Waals surface area contributed by atoms with Crippen molar-refractivity contribution in [2.45, 2.75) is 96.4 Å². The average molecular weight is 773 g/mol. The molecular formula is C42H53N4O8P. The Bertz CT molecular complexity index is 1940. The maximum absolute atomic E-state index is 13.3. The number of nitrogens with one attached hydrogen (secondary N) is 1. The van der Waals surface area contributed by atoms with Gasteiger partial charge in [0, 0.05) is 30.3 Å². The van der Waals surface area contributed by atoms with Crippen LogP contribution in [-0.4, -0.2) is 65.4 Å². The molecule has 55 heavy (non-hydrogen) atoms. The Hall–Kier alpha value is -4.34. The largest absolute Gasteiger partial charge is 0.497 e. The van der Waals surface area contributed by atoms with E-state index in [0.717, 1.165) is 16.7 Å². The normalized spacial score (nSPS) is 19.2. The molecule has 13 heteroatoms. The summed E-state index contributed by atoms with van der Waals surface area (Å²) >= 11 is 0. The number of ether oxygens (including phenoxy) is 4. The monoisotopic (exact) mass is 772 g/mol. The zero-order chi connectivity index (χ0) is 39.8. The molecule has 0 amide bonds. The topological polar surface area (TPSA) is 137 Å². The van der Waals surface area contributed by atoms with Crippen molar-refractivity contribution in [2.24, 2.45) is 0 Å². The molecule has 2 heterocycles. The van der Waals surface area contributed by atoms with Gasteiger partial charge in [-0.25, -0.2) is 9.46 Å². The maximum Gasteiger partial charge on any atom is 0.330 e. The smallest absolute Gasteiger partial charge is 0.330 e. The van der Waals surface area contributed by atoms with Gasteiger partial charge in [-0.1, -0.05) is 61.5 Å². The van der Waals surface area contributed by atoms with Crippen molar-refractivity contribution in [3.05, 3.63) is 128 Å². The molecule has 4 atom stereocenters. The second-order valence-electron chi connectivity index (χ2n) is 14.1. The highest BCUT2D eigenvalue weighted by molar-refractivity contribution is 7.44. The van der Waals surface area contributed by atoms with Gasteiger partial charge < -0.3 is 28.0 Å². The number of rotatable bonds is 18. The summed E-state index contributed by atoms with van der Waals surface area (Å²) in [5, 5.41) is 9.37. The van der Waals surface area contributed by atoms with E-state index in [0.29, 0.717) is 23.5 Å². The third kappa shape index (κ3) is 9.05. The van der Waals surface area contributed by atoms with E-state index in [9.17, 15) is 14.9 Å². The summed E-state index contributed by atoms with van der Waals surface area (Å²) < 4.78 is 42.5. The Morgan fingerprint density at radius 1 is 0.945 bits per heavy atom. The highest BCUT2D eigenvalue weighted by Gasteiger charge is 2.53. The second-order valence-corrected chi connectivity index (χ2v) is 15.5. The van der Waals surface area contributed by atoms with Gasteiger partial charge in [0.25, 0.3) is 14.1 Å². The molecular weight excluding hydrogens is 719 g/mol. The summed E-state index contributed by atoms with van der Waals surface area (Å²) in [4.78, 5) is 28.2. The number of aromatic amines is 1. The Morgan fingerprint density at radius 2 is 1.51 bits per heavy atom. The van der Waals surface area contributed by atoms with Gasteiger partial charge in [0.1, 0.15) is 35.0 Å². The minimum atomic E-state index is -1.70. The van der Waals surface area contributed by atoms with Crippen LogP contribution in [0.2, 0.25) is 0 Å². The third-order valence-electron chi connectivity index (χ3n) is 10.0. The molecule has 1 aliphatic heterocycles. The van der Waals surface area contributed by atoms with E-state index in [1.54, 1.807) is 21.1 Å². The van der Waals surface area contributed by atoms with Gasteiger partial charge in [-0.3, -0.25) is 14.3 Å². The second kappa shape index (κ2) is 18.5. The van der Waals surface area contributed by atoms with E-state index >= 15 is 0 Å². The Balaban J connectivity index is 1.67. The first-order chi connectivity index (χ1) is 26.4. The van der Waals surface area contributed by atoms with Crippen LogP contribution in [0.5, 0.6) is 11.5 Å². The van der Waals surface area contributed by atoms with E-state index in [1.165, 1.54) is 10.8 Å². The summed E-state index contributed by atoms with van der Waals surface area (Å²) in [6.07, 6.45) is 0.983. The molecule has 294 valence electrons. The third-order valence-corrected chi connectivity index (χ3v) is 12.2. The number of nitriles is 1. The van der Waals surface area contributed by atoms with E-state index in [4.69, 9.17) is 28.0 Å². The van der Waals surface area contributed by atoms with Gasteiger partial charge in [0.15, 0.2) is 0 Å². The van der Waals surface area contributed by atoms with Crippen LogP contribution in [-0.2, 0) is 24.1 Å². The van der Waals surface area contributed by atoms with E-state index in [-0.39, 0.29) is 38.1 Å². The van der Waals surface area contributed by atoms with Crippen molar-refractivity contribution in [3.8, 4) is 17.6 Å². The van der Waals surface area contributed by atoms with E-state index < -0.39 is 43.3 Å². The molecule has 1 fully saturated rings. The molecule has 1 aromatic heterocycles. The van der Waals surface area contributed by atoms with Crippen molar-refractivity contribution >= 4 is 8.53 Å². The van der Waals surface area contributed by atoms with E-state index in [1.807, 2.05) is 85.8 Å². The van der Waals surface area contributed by atoms with Crippen LogP contribution in [0.3, 0.4) is 0 Å². The van der Waals surface area contributed by atoms with Gasteiger partial charge in [-0.15, -0.1) is 0 Å². The number of aromatic nitrogens is 2. The maximum atomic E-state index is 13.3. The average Bonchev–Trinajstić information content (AvgIpc) is 3.54. The number of aryl methyl sites for hydroxylation is 1. The van der Waals surface area contributed by atoms with Crippen LogP contribution >= 0.6 is 8.53 Å². The fourth-order valence-electron chi connectivity index (χ4n) is 7.15. The molecule has 12 nitrogen and oxygen atoms in total. The van der Waals surface area contributed by atoms with Crippen LogP contribution in [0.4, 0.5) is 0 Å². The molecule has 0 saturated carbocycles. The van der Waals surface area contributed by atoms with Crippen molar-refractivity contribution in [1.29, 1.82) is 5.26 Å². The number of nitrogens with zero attached hydrogens (tertiary/aromatic N) is 3. The highest BCUT2D eigenvalue weighted by Crippen LogP contribution is 2.53. The lowest BCUT2D eigenvalue weighted by atomic mass is 9.79. The Morgan fingerprint density at radius 3 is 2.02 bits per heavy atom. The van der Waals surface area contributed by atoms with Crippen LogP contribution in [0.1, 0.15) is 82.4 Å². The first-order valence-corrected chi connectivity index (χ1v) is 19.8. The van der Waals surface area contributed by atoms with Gasteiger partial charge in [-0.2, -0.15) is 5.26 Å².